The van der Waals surface area contributed by atoms with E-state index in [1.807, 2.05) is 13.8 Å². The van der Waals surface area contributed by atoms with Crippen molar-refractivity contribution in [2.45, 2.75) is 27.2 Å². The van der Waals surface area contributed by atoms with Crippen molar-refractivity contribution in [3.8, 4) is 0 Å². The second kappa shape index (κ2) is 11.7. The summed E-state index contributed by atoms with van der Waals surface area (Å²) in [5, 5.41) is 2.41. The molecule has 0 aliphatic carbocycles. The van der Waals surface area contributed by atoms with Gasteiger partial charge in [0.15, 0.2) is 0 Å². The molecule has 0 spiro atoms. The van der Waals surface area contributed by atoms with Crippen molar-refractivity contribution in [3.63, 3.8) is 0 Å². The van der Waals surface area contributed by atoms with E-state index >= 15 is 0 Å². The van der Waals surface area contributed by atoms with Crippen LogP contribution in [0.15, 0.2) is 12.2 Å². The lowest BCUT2D eigenvalue weighted by atomic mass is 10.3. The summed E-state index contributed by atoms with van der Waals surface area (Å²) in [5.41, 5.74) is 0.275. The molecule has 0 rings (SSSR count). The molecular formula is C15H26N2O5. The Morgan fingerprint density at radius 2 is 1.73 bits per heavy atom. The van der Waals surface area contributed by atoms with E-state index in [1.165, 1.54) is 6.92 Å². The molecule has 0 aromatic heterocycles. The standard InChI is InChI=1S/C15H26N2O5/c1-5-17(6-2)8-10-21-14(19)11-16-13(18)7-9-22-15(20)12(3)4/h3,5-11H2,1-2,4H3,(H,16,18). The van der Waals surface area contributed by atoms with Gasteiger partial charge in [0.05, 0.1) is 6.42 Å². The molecule has 1 amide bonds. The molecule has 0 saturated heterocycles. The average Bonchev–Trinajstić information content (AvgIpc) is 2.49. The van der Waals surface area contributed by atoms with Crippen LogP contribution in [-0.2, 0) is 23.9 Å². The van der Waals surface area contributed by atoms with E-state index in [9.17, 15) is 14.4 Å². The number of ether oxygens (including phenoxy) is 2. The number of rotatable bonds is 11. The third-order valence-corrected chi connectivity index (χ3v) is 2.91. The first kappa shape index (κ1) is 20.1. The van der Waals surface area contributed by atoms with Gasteiger partial charge in [0.2, 0.25) is 5.91 Å². The molecule has 0 aromatic rings. The first-order chi connectivity index (χ1) is 10.4. The van der Waals surface area contributed by atoms with Crippen LogP contribution in [0.25, 0.3) is 0 Å². The Labute approximate surface area is 131 Å². The van der Waals surface area contributed by atoms with Gasteiger partial charge < -0.3 is 19.7 Å². The zero-order chi connectivity index (χ0) is 17.0. The molecule has 126 valence electrons. The molecule has 0 aliphatic rings. The topological polar surface area (TPSA) is 84.9 Å². The van der Waals surface area contributed by atoms with E-state index < -0.39 is 11.9 Å². The van der Waals surface area contributed by atoms with Crippen LogP contribution in [0.3, 0.4) is 0 Å². The van der Waals surface area contributed by atoms with Gasteiger partial charge in [0.1, 0.15) is 19.8 Å². The Bertz CT molecular complexity index is 391. The Hall–Kier alpha value is -1.89. The smallest absolute Gasteiger partial charge is 0.333 e. The van der Waals surface area contributed by atoms with E-state index in [1.54, 1.807) is 0 Å². The SMILES string of the molecule is C=C(C)C(=O)OCCC(=O)NCC(=O)OCCN(CC)CC. The van der Waals surface area contributed by atoms with E-state index in [4.69, 9.17) is 9.47 Å². The average molecular weight is 314 g/mol. The highest BCUT2D eigenvalue weighted by atomic mass is 16.5. The van der Waals surface area contributed by atoms with E-state index in [0.29, 0.717) is 13.2 Å². The normalized spacial score (nSPS) is 10.2. The predicted octanol–water partition coefficient (Wildman–Crippen LogP) is 0.497. The van der Waals surface area contributed by atoms with E-state index in [2.05, 4.69) is 16.8 Å². The summed E-state index contributed by atoms with van der Waals surface area (Å²) >= 11 is 0. The molecule has 22 heavy (non-hydrogen) atoms. The Morgan fingerprint density at radius 3 is 2.27 bits per heavy atom. The Morgan fingerprint density at radius 1 is 1.09 bits per heavy atom. The monoisotopic (exact) mass is 314 g/mol. The highest BCUT2D eigenvalue weighted by Gasteiger charge is 2.09. The molecule has 0 unspecified atom stereocenters. The van der Waals surface area contributed by atoms with Crippen LogP contribution in [0.4, 0.5) is 0 Å². The molecule has 1 N–H and O–H groups in total. The van der Waals surface area contributed by atoms with Gasteiger partial charge >= 0.3 is 11.9 Å². The molecule has 0 atom stereocenters. The molecule has 0 heterocycles. The molecule has 7 heteroatoms. The highest BCUT2D eigenvalue weighted by molar-refractivity contribution is 5.87. The van der Waals surface area contributed by atoms with Gasteiger partial charge in [-0.2, -0.15) is 0 Å². The summed E-state index contributed by atoms with van der Waals surface area (Å²) in [6, 6.07) is 0. The number of nitrogens with zero attached hydrogens (tertiary/aromatic N) is 1. The molecule has 0 saturated carbocycles. The van der Waals surface area contributed by atoms with E-state index in [-0.39, 0.29) is 31.1 Å². The van der Waals surface area contributed by atoms with E-state index in [0.717, 1.165) is 13.1 Å². The Balaban J connectivity index is 3.71. The minimum absolute atomic E-state index is 0.00819. The third kappa shape index (κ3) is 9.93. The number of nitrogens with one attached hydrogen (secondary N) is 1. The third-order valence-electron chi connectivity index (χ3n) is 2.91. The quantitative estimate of drug-likeness (QED) is 0.441. The van der Waals surface area contributed by atoms with Gasteiger partial charge in [-0.05, 0) is 20.0 Å². The maximum absolute atomic E-state index is 11.4. The molecule has 0 radical (unpaired) electrons. The first-order valence-corrected chi connectivity index (χ1v) is 7.38. The van der Waals surface area contributed by atoms with Gasteiger partial charge in [-0.25, -0.2) is 4.79 Å². The maximum atomic E-state index is 11.4. The minimum Gasteiger partial charge on any atom is -0.463 e. The molecule has 7 nitrogen and oxygen atoms in total. The van der Waals surface area contributed by atoms with Crippen molar-refractivity contribution in [3.05, 3.63) is 12.2 Å². The zero-order valence-electron chi connectivity index (χ0n) is 13.6. The Kier molecular flexibility index (Phi) is 10.7. The number of hydrogen-bond donors (Lipinski definition) is 1. The second-order valence-corrected chi connectivity index (χ2v) is 4.69. The molecule has 0 aliphatic heterocycles. The zero-order valence-corrected chi connectivity index (χ0v) is 13.6. The highest BCUT2D eigenvalue weighted by Crippen LogP contribution is 1.93. The number of likely N-dealkylation sites (N-methyl/N-ethyl adjacent to an activating group) is 1. The summed E-state index contributed by atoms with van der Waals surface area (Å²) in [4.78, 5) is 36.1. The van der Waals surface area contributed by atoms with Gasteiger partial charge in [-0.3, -0.25) is 9.59 Å². The van der Waals surface area contributed by atoms with Crippen molar-refractivity contribution in [1.82, 2.24) is 10.2 Å². The molecule has 0 aromatic carbocycles. The summed E-state index contributed by atoms with van der Waals surface area (Å²) in [5.74, 6) is -1.40. The number of esters is 2. The summed E-state index contributed by atoms with van der Waals surface area (Å²) in [6.45, 7) is 11.5. The van der Waals surface area contributed by atoms with Crippen molar-refractivity contribution in [2.24, 2.45) is 0 Å². The van der Waals surface area contributed by atoms with Gasteiger partial charge in [0.25, 0.3) is 0 Å². The van der Waals surface area contributed by atoms with Crippen LogP contribution >= 0.6 is 0 Å². The number of carbonyl (C=O) groups is 3. The van der Waals surface area contributed by atoms with Crippen molar-refractivity contribution >= 4 is 17.8 Å². The number of carbonyl (C=O) groups excluding carboxylic acids is 3. The first-order valence-electron chi connectivity index (χ1n) is 7.38. The largest absolute Gasteiger partial charge is 0.463 e. The van der Waals surface area contributed by atoms with Crippen LogP contribution in [0, 0.1) is 0 Å². The molecule has 0 fully saturated rings. The summed E-state index contributed by atoms with van der Waals surface area (Å²) in [6.07, 6.45) is -0.00819. The summed E-state index contributed by atoms with van der Waals surface area (Å²) in [7, 11) is 0. The lowest BCUT2D eigenvalue weighted by Crippen LogP contribution is -2.33. The summed E-state index contributed by atoms with van der Waals surface area (Å²) < 4.78 is 9.78. The van der Waals surface area contributed by atoms with Crippen LogP contribution in [0.1, 0.15) is 27.2 Å². The van der Waals surface area contributed by atoms with Crippen LogP contribution in [-0.4, -0.2) is 62.1 Å². The lowest BCUT2D eigenvalue weighted by Gasteiger charge is -2.17. The maximum Gasteiger partial charge on any atom is 0.333 e. The molecule has 0 bridgehead atoms. The minimum atomic E-state index is -0.538. The second-order valence-electron chi connectivity index (χ2n) is 4.69. The number of amides is 1. The van der Waals surface area contributed by atoms with Crippen molar-refractivity contribution in [1.29, 1.82) is 0 Å². The fraction of sp³-hybridized carbons (Fsp3) is 0.667. The molecular weight excluding hydrogens is 288 g/mol. The van der Waals surface area contributed by atoms with Crippen LogP contribution in [0.5, 0.6) is 0 Å². The van der Waals surface area contributed by atoms with Crippen molar-refractivity contribution < 1.29 is 23.9 Å². The number of hydrogen-bond acceptors (Lipinski definition) is 6. The lowest BCUT2D eigenvalue weighted by molar-refractivity contribution is -0.145. The van der Waals surface area contributed by atoms with Gasteiger partial charge in [-0.15, -0.1) is 0 Å². The van der Waals surface area contributed by atoms with Gasteiger partial charge in [-0.1, -0.05) is 20.4 Å². The van der Waals surface area contributed by atoms with Crippen LogP contribution < -0.4 is 5.32 Å². The van der Waals surface area contributed by atoms with Crippen LogP contribution in [0.2, 0.25) is 0 Å². The van der Waals surface area contributed by atoms with Crippen molar-refractivity contribution in [2.75, 3.05) is 39.4 Å². The van der Waals surface area contributed by atoms with Gasteiger partial charge in [0, 0.05) is 12.1 Å². The fourth-order valence-corrected chi connectivity index (χ4v) is 1.50. The fourth-order valence-electron chi connectivity index (χ4n) is 1.50. The predicted molar refractivity (Wildman–Crippen MR) is 82.1 cm³/mol.